The van der Waals surface area contributed by atoms with Crippen LogP contribution >= 0.6 is 11.6 Å². The molecule has 2 aliphatic heterocycles. The van der Waals surface area contributed by atoms with E-state index in [1.165, 1.54) is 11.6 Å². The van der Waals surface area contributed by atoms with E-state index in [1.54, 1.807) is 35.2 Å². The van der Waals surface area contributed by atoms with Crippen molar-refractivity contribution in [2.75, 3.05) is 36.4 Å². The minimum absolute atomic E-state index is 0.204. The zero-order valence-corrected chi connectivity index (χ0v) is 18.2. The van der Waals surface area contributed by atoms with E-state index in [9.17, 15) is 9.18 Å². The van der Waals surface area contributed by atoms with Crippen LogP contribution in [0.3, 0.4) is 0 Å². The second kappa shape index (κ2) is 8.40. The Bertz CT molecular complexity index is 978. The summed E-state index contributed by atoms with van der Waals surface area (Å²) >= 11 is 6.05. The Labute approximate surface area is 182 Å². The molecule has 0 aliphatic carbocycles. The second-order valence-corrected chi connectivity index (χ2v) is 8.99. The van der Waals surface area contributed by atoms with Crippen molar-refractivity contribution in [3.8, 4) is 0 Å². The van der Waals surface area contributed by atoms with Crippen molar-refractivity contribution >= 4 is 29.0 Å². The lowest BCUT2D eigenvalue weighted by Gasteiger charge is -2.39. The van der Waals surface area contributed by atoms with E-state index in [-0.39, 0.29) is 17.3 Å². The number of allylic oxidation sites excluding steroid dienone is 1. The Morgan fingerprint density at radius 3 is 2.67 bits per heavy atom. The number of hydrogen-bond acceptors (Lipinski definition) is 2. The van der Waals surface area contributed by atoms with Crippen molar-refractivity contribution < 1.29 is 9.18 Å². The molecule has 2 aromatic rings. The van der Waals surface area contributed by atoms with Gasteiger partial charge in [0.15, 0.2) is 0 Å². The van der Waals surface area contributed by atoms with Gasteiger partial charge in [0, 0.05) is 34.9 Å². The van der Waals surface area contributed by atoms with Crippen LogP contribution in [-0.4, -0.2) is 37.1 Å². The van der Waals surface area contributed by atoms with Gasteiger partial charge in [0.25, 0.3) is 0 Å². The number of hydrogen-bond donors (Lipinski definition) is 1. The van der Waals surface area contributed by atoms with Crippen LogP contribution < -0.4 is 10.2 Å². The Kier molecular flexibility index (Phi) is 5.85. The van der Waals surface area contributed by atoms with Gasteiger partial charge in [0.05, 0.1) is 0 Å². The van der Waals surface area contributed by atoms with Gasteiger partial charge in [-0.25, -0.2) is 9.18 Å². The van der Waals surface area contributed by atoms with Crippen molar-refractivity contribution in [2.45, 2.75) is 32.1 Å². The molecule has 4 nitrogen and oxygen atoms in total. The highest BCUT2D eigenvalue weighted by atomic mass is 35.5. The quantitative estimate of drug-likeness (QED) is 0.625. The number of piperidine rings is 1. The third kappa shape index (κ3) is 4.23. The minimum atomic E-state index is -0.253. The molecule has 2 amide bonds. The zero-order valence-electron chi connectivity index (χ0n) is 17.4. The fourth-order valence-corrected chi connectivity index (χ4v) is 4.67. The molecule has 30 heavy (non-hydrogen) atoms. The maximum atomic E-state index is 14.2. The van der Waals surface area contributed by atoms with E-state index in [0.29, 0.717) is 17.3 Å². The van der Waals surface area contributed by atoms with Gasteiger partial charge in [-0.2, -0.15) is 0 Å². The van der Waals surface area contributed by atoms with E-state index in [4.69, 9.17) is 11.6 Å². The predicted octanol–water partition coefficient (Wildman–Crippen LogP) is 5.83. The molecule has 1 spiro atoms. The van der Waals surface area contributed by atoms with Crippen molar-refractivity contribution in [3.05, 3.63) is 70.5 Å². The minimum Gasteiger partial charge on any atom is -0.307 e. The summed E-state index contributed by atoms with van der Waals surface area (Å²) in [6.07, 6.45) is 4.05. The standard InChI is InChI=1S/C24H27ClFN3O/c1-17(2)8-11-28-12-9-24(10-13-28)16-29(22-7-6-19(26)15-21(22)24)23(30)27-20-5-3-4-18(25)14-20/h3-8,14-15H,9-13,16H2,1-2H3,(H,27,30). The number of nitrogens with zero attached hydrogens (tertiary/aromatic N) is 2. The third-order valence-corrected chi connectivity index (χ3v) is 6.41. The molecule has 0 aromatic heterocycles. The molecule has 4 rings (SSSR count). The lowest BCUT2D eigenvalue weighted by molar-refractivity contribution is 0.180. The van der Waals surface area contributed by atoms with Crippen LogP contribution in [0.25, 0.3) is 0 Å². The Balaban J connectivity index is 1.56. The van der Waals surface area contributed by atoms with Crippen LogP contribution in [0.5, 0.6) is 0 Å². The first kappa shape index (κ1) is 20.9. The monoisotopic (exact) mass is 427 g/mol. The maximum absolute atomic E-state index is 14.2. The summed E-state index contributed by atoms with van der Waals surface area (Å²) in [6, 6.07) is 11.7. The molecule has 2 aromatic carbocycles. The fourth-order valence-electron chi connectivity index (χ4n) is 4.48. The van der Waals surface area contributed by atoms with Crippen LogP contribution in [-0.2, 0) is 5.41 Å². The van der Waals surface area contributed by atoms with Crippen molar-refractivity contribution in [2.24, 2.45) is 0 Å². The number of halogens is 2. The molecule has 0 saturated carbocycles. The first-order valence-electron chi connectivity index (χ1n) is 10.4. The Morgan fingerprint density at radius 1 is 1.20 bits per heavy atom. The van der Waals surface area contributed by atoms with E-state index >= 15 is 0 Å². The number of amides is 2. The van der Waals surface area contributed by atoms with Gasteiger partial charge in [-0.15, -0.1) is 0 Å². The normalized spacial score (nSPS) is 17.7. The number of fused-ring (bicyclic) bond motifs is 2. The van der Waals surface area contributed by atoms with E-state index in [0.717, 1.165) is 43.7 Å². The highest BCUT2D eigenvalue weighted by Gasteiger charge is 2.46. The molecule has 1 N–H and O–H groups in total. The topological polar surface area (TPSA) is 35.6 Å². The van der Waals surface area contributed by atoms with Gasteiger partial charge in [-0.3, -0.25) is 9.80 Å². The lowest BCUT2D eigenvalue weighted by Crippen LogP contribution is -2.46. The summed E-state index contributed by atoms with van der Waals surface area (Å²) in [5.41, 5.74) is 3.50. The molecular weight excluding hydrogens is 401 g/mol. The molecule has 2 heterocycles. The molecule has 1 fully saturated rings. The largest absolute Gasteiger partial charge is 0.326 e. The summed E-state index contributed by atoms with van der Waals surface area (Å²) in [5, 5.41) is 3.50. The van der Waals surface area contributed by atoms with Crippen molar-refractivity contribution in [1.82, 2.24) is 4.90 Å². The summed E-state index contributed by atoms with van der Waals surface area (Å²) < 4.78 is 14.2. The molecule has 0 radical (unpaired) electrons. The van der Waals surface area contributed by atoms with Crippen LogP contribution in [0.15, 0.2) is 54.1 Å². The molecular formula is C24H27ClFN3O. The first-order chi connectivity index (χ1) is 14.4. The first-order valence-corrected chi connectivity index (χ1v) is 10.7. The SMILES string of the molecule is CC(C)=CCN1CCC2(CC1)CN(C(=O)Nc1cccc(Cl)c1)c1ccc(F)cc12. The molecule has 2 aliphatic rings. The zero-order chi connectivity index (χ0) is 21.3. The summed E-state index contributed by atoms with van der Waals surface area (Å²) in [7, 11) is 0. The molecule has 0 atom stereocenters. The van der Waals surface area contributed by atoms with Crippen LogP contribution in [0.2, 0.25) is 5.02 Å². The molecule has 158 valence electrons. The highest BCUT2D eigenvalue weighted by molar-refractivity contribution is 6.30. The van der Waals surface area contributed by atoms with E-state index in [1.807, 2.05) is 6.07 Å². The van der Waals surface area contributed by atoms with Crippen molar-refractivity contribution in [1.29, 1.82) is 0 Å². The van der Waals surface area contributed by atoms with Gasteiger partial charge < -0.3 is 5.32 Å². The van der Waals surface area contributed by atoms with Gasteiger partial charge >= 0.3 is 6.03 Å². The highest BCUT2D eigenvalue weighted by Crippen LogP contribution is 2.47. The Hall–Kier alpha value is -2.37. The van der Waals surface area contributed by atoms with Crippen LogP contribution in [0.1, 0.15) is 32.3 Å². The molecule has 0 bridgehead atoms. The van der Waals surface area contributed by atoms with Crippen molar-refractivity contribution in [3.63, 3.8) is 0 Å². The van der Waals surface area contributed by atoms with Gasteiger partial charge in [-0.05, 0) is 81.7 Å². The van der Waals surface area contributed by atoms with E-state index in [2.05, 4.69) is 30.1 Å². The third-order valence-electron chi connectivity index (χ3n) is 6.17. The number of carbonyl (C=O) groups excluding carboxylic acids is 1. The number of likely N-dealkylation sites (tertiary alicyclic amines) is 1. The fraction of sp³-hybridized carbons (Fsp3) is 0.375. The van der Waals surface area contributed by atoms with Gasteiger partial charge in [0.2, 0.25) is 0 Å². The smallest absolute Gasteiger partial charge is 0.307 e. The number of nitrogens with one attached hydrogen (secondary N) is 1. The van der Waals surface area contributed by atoms with Crippen LogP contribution in [0.4, 0.5) is 20.6 Å². The number of anilines is 2. The van der Waals surface area contributed by atoms with Crippen LogP contribution in [0, 0.1) is 5.82 Å². The second-order valence-electron chi connectivity index (χ2n) is 8.55. The summed E-state index contributed by atoms with van der Waals surface area (Å²) in [5.74, 6) is -0.253. The Morgan fingerprint density at radius 2 is 1.97 bits per heavy atom. The molecule has 6 heteroatoms. The molecule has 1 saturated heterocycles. The number of rotatable bonds is 3. The predicted molar refractivity (Wildman–Crippen MR) is 121 cm³/mol. The number of urea groups is 1. The van der Waals surface area contributed by atoms with Gasteiger partial charge in [-0.1, -0.05) is 29.3 Å². The average Bonchev–Trinajstić information content (AvgIpc) is 3.01. The number of carbonyl (C=O) groups is 1. The summed E-state index contributed by atoms with van der Waals surface area (Å²) in [4.78, 5) is 17.3. The maximum Gasteiger partial charge on any atom is 0.326 e. The molecule has 0 unspecified atom stereocenters. The lowest BCUT2D eigenvalue weighted by atomic mass is 9.74. The summed E-state index contributed by atoms with van der Waals surface area (Å²) in [6.45, 7) is 7.59. The van der Waals surface area contributed by atoms with E-state index < -0.39 is 0 Å². The number of benzene rings is 2. The average molecular weight is 428 g/mol. The van der Waals surface area contributed by atoms with Gasteiger partial charge in [0.1, 0.15) is 5.82 Å².